The Labute approximate surface area is 108 Å². The minimum Gasteiger partial charge on any atom is -0.339 e. The van der Waals surface area contributed by atoms with Crippen LogP contribution in [0.15, 0.2) is 16.8 Å². The third kappa shape index (κ3) is 3.06. The van der Waals surface area contributed by atoms with E-state index in [0.29, 0.717) is 5.33 Å². The maximum Gasteiger partial charge on any atom is 0.233 e. The molecule has 1 amide bonds. The van der Waals surface area contributed by atoms with Crippen LogP contribution in [0.1, 0.15) is 5.56 Å². The van der Waals surface area contributed by atoms with Gasteiger partial charge in [-0.3, -0.25) is 9.69 Å². The molecule has 16 heavy (non-hydrogen) atoms. The topological polar surface area (TPSA) is 23.6 Å². The highest BCUT2D eigenvalue weighted by Gasteiger charge is 2.19. The Kier molecular flexibility index (Phi) is 4.37. The lowest BCUT2D eigenvalue weighted by atomic mass is 10.2. The minimum absolute atomic E-state index is 0.204. The van der Waals surface area contributed by atoms with Crippen molar-refractivity contribution >= 4 is 33.2 Å². The molecule has 0 aliphatic carbocycles. The van der Waals surface area contributed by atoms with Crippen LogP contribution in [0.2, 0.25) is 0 Å². The van der Waals surface area contributed by atoms with Gasteiger partial charge in [0.15, 0.2) is 0 Å². The van der Waals surface area contributed by atoms with E-state index in [1.54, 1.807) is 11.3 Å². The second kappa shape index (κ2) is 5.80. The van der Waals surface area contributed by atoms with E-state index in [4.69, 9.17) is 0 Å². The number of alkyl halides is 1. The predicted octanol–water partition coefficient (Wildman–Crippen LogP) is 1.79. The average Bonchev–Trinajstić information content (AvgIpc) is 2.82. The first-order chi connectivity index (χ1) is 7.79. The molecule has 2 heterocycles. The molecule has 2 rings (SSSR count). The Bertz CT molecular complexity index is 334. The van der Waals surface area contributed by atoms with Crippen molar-refractivity contribution in [2.45, 2.75) is 6.54 Å². The molecule has 1 aliphatic heterocycles. The quantitative estimate of drug-likeness (QED) is 0.795. The molecule has 1 saturated heterocycles. The molecule has 1 aromatic heterocycles. The van der Waals surface area contributed by atoms with Crippen LogP contribution in [0, 0.1) is 0 Å². The molecular formula is C11H15BrN2OS. The number of rotatable bonds is 3. The number of amides is 1. The molecule has 0 bridgehead atoms. The van der Waals surface area contributed by atoms with Crippen molar-refractivity contribution in [2.24, 2.45) is 0 Å². The summed E-state index contributed by atoms with van der Waals surface area (Å²) in [5.41, 5.74) is 1.38. The Morgan fingerprint density at radius 2 is 2.12 bits per heavy atom. The third-order valence-corrected chi connectivity index (χ3v) is 4.04. The molecule has 0 N–H and O–H groups in total. The molecule has 5 heteroatoms. The Hall–Kier alpha value is -0.390. The van der Waals surface area contributed by atoms with Crippen LogP contribution in [0.4, 0.5) is 0 Å². The van der Waals surface area contributed by atoms with Crippen molar-refractivity contribution in [1.29, 1.82) is 0 Å². The van der Waals surface area contributed by atoms with E-state index in [1.807, 2.05) is 4.90 Å². The predicted molar refractivity (Wildman–Crippen MR) is 70.0 cm³/mol. The number of hydrogen-bond donors (Lipinski definition) is 0. The highest BCUT2D eigenvalue weighted by molar-refractivity contribution is 9.09. The van der Waals surface area contributed by atoms with Crippen molar-refractivity contribution in [3.63, 3.8) is 0 Å². The van der Waals surface area contributed by atoms with Crippen LogP contribution in [-0.2, 0) is 11.3 Å². The number of carbonyl (C=O) groups excluding carboxylic acids is 1. The number of hydrogen-bond acceptors (Lipinski definition) is 3. The molecule has 3 nitrogen and oxygen atoms in total. The zero-order chi connectivity index (χ0) is 11.4. The zero-order valence-corrected chi connectivity index (χ0v) is 11.5. The van der Waals surface area contributed by atoms with E-state index in [2.05, 4.69) is 37.7 Å². The van der Waals surface area contributed by atoms with E-state index in [0.717, 1.165) is 32.7 Å². The summed E-state index contributed by atoms with van der Waals surface area (Å²) in [7, 11) is 0. The van der Waals surface area contributed by atoms with E-state index in [-0.39, 0.29) is 5.91 Å². The minimum atomic E-state index is 0.204. The fourth-order valence-electron chi connectivity index (χ4n) is 1.88. The molecule has 0 atom stereocenters. The van der Waals surface area contributed by atoms with E-state index < -0.39 is 0 Å². The summed E-state index contributed by atoms with van der Waals surface area (Å²) >= 11 is 4.95. The second-order valence-corrected chi connectivity index (χ2v) is 5.26. The third-order valence-electron chi connectivity index (χ3n) is 2.83. The standard InChI is InChI=1S/C11H15BrN2OS/c12-7-11(15)14-4-2-13(3-5-14)8-10-1-6-16-9-10/h1,6,9H,2-5,7-8H2. The van der Waals surface area contributed by atoms with Gasteiger partial charge in [-0.25, -0.2) is 0 Å². The van der Waals surface area contributed by atoms with Crippen molar-refractivity contribution < 1.29 is 4.79 Å². The fraction of sp³-hybridized carbons (Fsp3) is 0.545. The summed E-state index contributed by atoms with van der Waals surface area (Å²) in [6, 6.07) is 2.17. The number of nitrogens with zero attached hydrogens (tertiary/aromatic N) is 2. The lowest BCUT2D eigenvalue weighted by Crippen LogP contribution is -2.48. The Balaban J connectivity index is 1.79. The molecule has 0 unspecified atom stereocenters. The van der Waals surface area contributed by atoms with Gasteiger partial charge in [-0.2, -0.15) is 11.3 Å². The Morgan fingerprint density at radius 3 is 2.69 bits per heavy atom. The van der Waals surface area contributed by atoms with Gasteiger partial charge in [0.2, 0.25) is 5.91 Å². The smallest absolute Gasteiger partial charge is 0.233 e. The maximum absolute atomic E-state index is 11.5. The zero-order valence-electron chi connectivity index (χ0n) is 9.06. The lowest BCUT2D eigenvalue weighted by molar-refractivity contribution is -0.130. The molecule has 0 spiro atoms. The van der Waals surface area contributed by atoms with Crippen molar-refractivity contribution in [1.82, 2.24) is 9.80 Å². The summed E-state index contributed by atoms with van der Waals surface area (Å²) in [5.74, 6) is 0.204. The van der Waals surface area contributed by atoms with E-state index in [9.17, 15) is 4.79 Å². The molecule has 1 fully saturated rings. The van der Waals surface area contributed by atoms with Crippen LogP contribution in [0.5, 0.6) is 0 Å². The Morgan fingerprint density at radius 1 is 1.38 bits per heavy atom. The van der Waals surface area contributed by atoms with Gasteiger partial charge >= 0.3 is 0 Å². The monoisotopic (exact) mass is 302 g/mol. The van der Waals surface area contributed by atoms with Gasteiger partial charge in [-0.15, -0.1) is 0 Å². The fourth-order valence-corrected chi connectivity index (χ4v) is 2.90. The summed E-state index contributed by atoms with van der Waals surface area (Å²) in [6.07, 6.45) is 0. The van der Waals surface area contributed by atoms with Crippen molar-refractivity contribution in [3.8, 4) is 0 Å². The van der Waals surface area contributed by atoms with Crippen LogP contribution in [0.25, 0.3) is 0 Å². The maximum atomic E-state index is 11.5. The largest absolute Gasteiger partial charge is 0.339 e. The molecule has 88 valence electrons. The highest BCUT2D eigenvalue weighted by atomic mass is 79.9. The van der Waals surface area contributed by atoms with Crippen molar-refractivity contribution in [2.75, 3.05) is 31.5 Å². The van der Waals surface area contributed by atoms with Gasteiger partial charge in [0.25, 0.3) is 0 Å². The molecule has 0 aromatic carbocycles. The van der Waals surface area contributed by atoms with Gasteiger partial charge in [0.05, 0.1) is 5.33 Å². The second-order valence-electron chi connectivity index (χ2n) is 3.92. The van der Waals surface area contributed by atoms with E-state index in [1.165, 1.54) is 5.56 Å². The van der Waals surface area contributed by atoms with Gasteiger partial charge in [0.1, 0.15) is 0 Å². The average molecular weight is 303 g/mol. The molecular weight excluding hydrogens is 288 g/mol. The van der Waals surface area contributed by atoms with Crippen LogP contribution in [0.3, 0.4) is 0 Å². The molecule has 0 saturated carbocycles. The number of halogens is 1. The van der Waals surface area contributed by atoms with Crippen molar-refractivity contribution in [3.05, 3.63) is 22.4 Å². The summed E-state index contributed by atoms with van der Waals surface area (Å²) in [5, 5.41) is 4.74. The van der Waals surface area contributed by atoms with Crippen LogP contribution >= 0.6 is 27.3 Å². The number of carbonyl (C=O) groups is 1. The van der Waals surface area contributed by atoms with Crippen LogP contribution in [-0.4, -0.2) is 47.2 Å². The van der Waals surface area contributed by atoms with Gasteiger partial charge in [-0.05, 0) is 22.4 Å². The SMILES string of the molecule is O=C(CBr)N1CCN(Cc2ccsc2)CC1. The highest BCUT2D eigenvalue weighted by Crippen LogP contribution is 2.11. The lowest BCUT2D eigenvalue weighted by Gasteiger charge is -2.34. The summed E-state index contributed by atoms with van der Waals surface area (Å²) < 4.78 is 0. The summed E-state index contributed by atoms with van der Waals surface area (Å²) in [6.45, 7) is 4.69. The molecule has 0 radical (unpaired) electrons. The number of piperazine rings is 1. The first-order valence-electron chi connectivity index (χ1n) is 5.37. The van der Waals surface area contributed by atoms with Gasteiger partial charge in [0, 0.05) is 32.7 Å². The normalized spacial score (nSPS) is 17.7. The number of thiophene rings is 1. The first-order valence-corrected chi connectivity index (χ1v) is 7.43. The van der Waals surface area contributed by atoms with Gasteiger partial charge < -0.3 is 4.90 Å². The summed E-state index contributed by atoms with van der Waals surface area (Å²) in [4.78, 5) is 15.8. The molecule has 1 aliphatic rings. The molecule has 1 aromatic rings. The first kappa shape index (κ1) is 12.1. The van der Waals surface area contributed by atoms with Gasteiger partial charge in [-0.1, -0.05) is 15.9 Å². The van der Waals surface area contributed by atoms with E-state index >= 15 is 0 Å². The van der Waals surface area contributed by atoms with Crippen LogP contribution < -0.4 is 0 Å².